The maximum absolute atomic E-state index is 12.6. The Morgan fingerprint density at radius 3 is 2.38 bits per heavy atom. The lowest BCUT2D eigenvalue weighted by molar-refractivity contribution is -0.150. The van der Waals surface area contributed by atoms with Crippen molar-refractivity contribution in [1.82, 2.24) is 10.2 Å². The Morgan fingerprint density at radius 1 is 1.29 bits per heavy atom. The quantitative estimate of drug-likeness (QED) is 0.750. The van der Waals surface area contributed by atoms with Gasteiger partial charge in [-0.1, -0.05) is 0 Å². The summed E-state index contributed by atoms with van der Waals surface area (Å²) in [5.41, 5.74) is -0.422. The molecular formula is C14H27F3N2O2. The number of hydrogen-bond acceptors (Lipinski definition) is 4. The van der Waals surface area contributed by atoms with Crippen molar-refractivity contribution in [3.63, 3.8) is 0 Å². The minimum atomic E-state index is -4.26. The van der Waals surface area contributed by atoms with E-state index < -0.39 is 12.7 Å². The predicted molar refractivity (Wildman–Crippen MR) is 75.2 cm³/mol. The van der Waals surface area contributed by atoms with Crippen molar-refractivity contribution >= 4 is 0 Å². The van der Waals surface area contributed by atoms with Gasteiger partial charge >= 0.3 is 6.18 Å². The van der Waals surface area contributed by atoms with E-state index in [-0.39, 0.29) is 30.7 Å². The number of ether oxygens (including phenoxy) is 1. The summed E-state index contributed by atoms with van der Waals surface area (Å²) in [5, 5.41) is 12.4. The zero-order chi connectivity index (χ0) is 16.1. The van der Waals surface area contributed by atoms with Gasteiger partial charge in [-0.2, -0.15) is 13.2 Å². The lowest BCUT2D eigenvalue weighted by Gasteiger charge is -2.36. The topological polar surface area (TPSA) is 44.7 Å². The van der Waals surface area contributed by atoms with E-state index in [0.29, 0.717) is 19.8 Å². The van der Waals surface area contributed by atoms with Crippen LogP contribution in [0.5, 0.6) is 0 Å². The Kier molecular flexibility index (Phi) is 6.46. The Labute approximate surface area is 124 Å². The molecule has 21 heavy (non-hydrogen) atoms. The van der Waals surface area contributed by atoms with Crippen LogP contribution in [0, 0.1) is 5.41 Å². The third-order valence-electron chi connectivity index (χ3n) is 3.56. The molecule has 4 nitrogen and oxygen atoms in total. The third kappa shape index (κ3) is 7.44. The molecule has 1 atom stereocenters. The van der Waals surface area contributed by atoms with Gasteiger partial charge in [0.15, 0.2) is 0 Å². The zero-order valence-electron chi connectivity index (χ0n) is 13.1. The number of rotatable bonds is 7. The Balaban J connectivity index is 2.69. The summed E-state index contributed by atoms with van der Waals surface area (Å²) < 4.78 is 43.3. The van der Waals surface area contributed by atoms with Crippen molar-refractivity contribution in [3.05, 3.63) is 0 Å². The summed E-state index contributed by atoms with van der Waals surface area (Å²) in [6.45, 7) is 6.74. The van der Waals surface area contributed by atoms with Crippen molar-refractivity contribution < 1.29 is 23.0 Å². The SMILES string of the molecule is CC(C)(C)NCC1(CN(CCO)CC(F)(F)F)CCOC1. The van der Waals surface area contributed by atoms with Crippen LogP contribution in [0.4, 0.5) is 13.2 Å². The van der Waals surface area contributed by atoms with Crippen molar-refractivity contribution in [2.75, 3.05) is 46.0 Å². The summed E-state index contributed by atoms with van der Waals surface area (Å²) in [7, 11) is 0. The molecule has 126 valence electrons. The van der Waals surface area contributed by atoms with Gasteiger partial charge in [0.1, 0.15) is 0 Å². The molecule has 7 heteroatoms. The maximum Gasteiger partial charge on any atom is 0.401 e. The van der Waals surface area contributed by atoms with Gasteiger partial charge in [0.2, 0.25) is 0 Å². The predicted octanol–water partition coefficient (Wildman–Crippen LogP) is 1.64. The van der Waals surface area contributed by atoms with Crippen molar-refractivity contribution in [3.8, 4) is 0 Å². The second-order valence-electron chi connectivity index (χ2n) is 6.96. The summed E-state index contributed by atoms with van der Waals surface area (Å²) in [6.07, 6.45) is -3.52. The van der Waals surface area contributed by atoms with Crippen LogP contribution in [0.2, 0.25) is 0 Å². The van der Waals surface area contributed by atoms with Crippen molar-refractivity contribution in [2.24, 2.45) is 5.41 Å². The lowest BCUT2D eigenvalue weighted by Crippen LogP contribution is -2.51. The number of halogens is 3. The summed E-state index contributed by atoms with van der Waals surface area (Å²) >= 11 is 0. The molecule has 1 fully saturated rings. The normalized spacial score (nSPS) is 24.0. The van der Waals surface area contributed by atoms with Crippen LogP contribution in [-0.2, 0) is 4.74 Å². The first-order valence-electron chi connectivity index (χ1n) is 7.28. The van der Waals surface area contributed by atoms with E-state index in [4.69, 9.17) is 9.84 Å². The monoisotopic (exact) mass is 312 g/mol. The van der Waals surface area contributed by atoms with Gasteiger partial charge in [-0.05, 0) is 27.2 Å². The summed E-state index contributed by atoms with van der Waals surface area (Å²) in [5.74, 6) is 0. The fourth-order valence-corrected chi connectivity index (χ4v) is 2.51. The minimum absolute atomic E-state index is 0.0246. The van der Waals surface area contributed by atoms with E-state index in [1.165, 1.54) is 4.90 Å². The standard InChI is InChI=1S/C14H27F3N2O2/c1-12(2,3)18-8-13(4-7-21-11-13)9-19(5-6-20)10-14(15,16)17/h18,20H,4-11H2,1-3H3. The van der Waals surface area contributed by atoms with Gasteiger partial charge in [0.05, 0.1) is 19.8 Å². The number of aliphatic hydroxyl groups is 1. The average molecular weight is 312 g/mol. The maximum atomic E-state index is 12.6. The Hall–Kier alpha value is -0.370. The second-order valence-corrected chi connectivity index (χ2v) is 6.96. The number of alkyl halides is 3. The Morgan fingerprint density at radius 2 is 1.95 bits per heavy atom. The smallest absolute Gasteiger partial charge is 0.395 e. The second kappa shape index (κ2) is 7.26. The van der Waals surface area contributed by atoms with Crippen LogP contribution in [-0.4, -0.2) is 67.7 Å². The molecular weight excluding hydrogens is 285 g/mol. The van der Waals surface area contributed by atoms with E-state index in [0.717, 1.165) is 6.42 Å². The van der Waals surface area contributed by atoms with E-state index >= 15 is 0 Å². The van der Waals surface area contributed by atoms with E-state index in [1.807, 2.05) is 20.8 Å². The summed E-state index contributed by atoms with van der Waals surface area (Å²) in [4.78, 5) is 1.28. The van der Waals surface area contributed by atoms with E-state index in [2.05, 4.69) is 5.32 Å². The first-order valence-corrected chi connectivity index (χ1v) is 7.28. The van der Waals surface area contributed by atoms with Gasteiger partial charge in [-0.15, -0.1) is 0 Å². The molecule has 0 aromatic carbocycles. The van der Waals surface area contributed by atoms with E-state index in [1.54, 1.807) is 0 Å². The number of hydrogen-bond donors (Lipinski definition) is 2. The molecule has 1 aliphatic heterocycles. The molecule has 0 bridgehead atoms. The highest BCUT2D eigenvalue weighted by molar-refractivity contribution is 4.91. The third-order valence-corrected chi connectivity index (χ3v) is 3.56. The fourth-order valence-electron chi connectivity index (χ4n) is 2.51. The Bertz CT molecular complexity index is 310. The molecule has 0 spiro atoms. The molecule has 0 saturated carbocycles. The number of nitrogens with zero attached hydrogens (tertiary/aromatic N) is 1. The molecule has 1 saturated heterocycles. The highest BCUT2D eigenvalue weighted by Crippen LogP contribution is 2.31. The summed E-state index contributed by atoms with van der Waals surface area (Å²) in [6, 6.07) is 0. The molecule has 0 amide bonds. The number of nitrogens with one attached hydrogen (secondary N) is 1. The molecule has 0 radical (unpaired) electrons. The highest BCUT2D eigenvalue weighted by atomic mass is 19.4. The molecule has 1 heterocycles. The largest absolute Gasteiger partial charge is 0.401 e. The van der Waals surface area contributed by atoms with Crippen LogP contribution >= 0.6 is 0 Å². The van der Waals surface area contributed by atoms with Gasteiger partial charge < -0.3 is 15.2 Å². The van der Waals surface area contributed by atoms with Crippen LogP contribution in [0.1, 0.15) is 27.2 Å². The van der Waals surface area contributed by atoms with Crippen LogP contribution in [0.15, 0.2) is 0 Å². The lowest BCUT2D eigenvalue weighted by atomic mass is 9.85. The van der Waals surface area contributed by atoms with Gasteiger partial charge in [0, 0.05) is 37.2 Å². The van der Waals surface area contributed by atoms with E-state index in [9.17, 15) is 13.2 Å². The molecule has 1 unspecified atom stereocenters. The van der Waals surface area contributed by atoms with Gasteiger partial charge in [0.25, 0.3) is 0 Å². The highest BCUT2D eigenvalue weighted by Gasteiger charge is 2.40. The fraction of sp³-hybridized carbons (Fsp3) is 1.00. The molecule has 0 aromatic rings. The van der Waals surface area contributed by atoms with Gasteiger partial charge in [-0.3, -0.25) is 4.90 Å². The minimum Gasteiger partial charge on any atom is -0.395 e. The van der Waals surface area contributed by atoms with Crippen molar-refractivity contribution in [1.29, 1.82) is 0 Å². The average Bonchev–Trinajstić information content (AvgIpc) is 2.73. The number of aliphatic hydroxyl groups excluding tert-OH is 1. The first-order chi connectivity index (χ1) is 9.55. The van der Waals surface area contributed by atoms with Crippen LogP contribution < -0.4 is 5.32 Å². The molecule has 1 aliphatic rings. The molecule has 0 aliphatic carbocycles. The van der Waals surface area contributed by atoms with Crippen LogP contribution in [0.25, 0.3) is 0 Å². The van der Waals surface area contributed by atoms with Crippen LogP contribution in [0.3, 0.4) is 0 Å². The molecule has 0 aromatic heterocycles. The first kappa shape index (κ1) is 18.7. The molecule has 1 rings (SSSR count). The zero-order valence-corrected chi connectivity index (χ0v) is 13.1. The molecule has 2 N–H and O–H groups in total. The van der Waals surface area contributed by atoms with Gasteiger partial charge in [-0.25, -0.2) is 0 Å². The van der Waals surface area contributed by atoms with Crippen molar-refractivity contribution in [2.45, 2.75) is 38.9 Å².